The smallest absolute Gasteiger partial charge is 0.337 e. The van der Waals surface area contributed by atoms with E-state index in [1.165, 1.54) is 35.0 Å². The molecule has 1 aliphatic rings. The van der Waals surface area contributed by atoms with Crippen LogP contribution in [0.15, 0.2) is 36.4 Å². The number of carbonyl (C=O) groups is 2. The van der Waals surface area contributed by atoms with Crippen molar-refractivity contribution in [2.75, 3.05) is 33.2 Å². The fourth-order valence-electron chi connectivity index (χ4n) is 4.32. The van der Waals surface area contributed by atoms with Gasteiger partial charge in [0.25, 0.3) is 0 Å². The van der Waals surface area contributed by atoms with E-state index in [1.807, 2.05) is 0 Å². The molecule has 2 aromatic carbocycles. The molecule has 1 aliphatic heterocycles. The van der Waals surface area contributed by atoms with Crippen LogP contribution >= 0.6 is 0 Å². The molecule has 2 N–H and O–H groups in total. The molecule has 13 heteroatoms. The molecule has 1 heterocycles. The van der Waals surface area contributed by atoms with E-state index < -0.39 is 47.9 Å². The molecular weight excluding hydrogens is 509 g/mol. The van der Waals surface area contributed by atoms with Crippen LogP contribution in [0.3, 0.4) is 0 Å². The minimum absolute atomic E-state index is 0.0202. The van der Waals surface area contributed by atoms with Gasteiger partial charge in [-0.05, 0) is 53.9 Å². The highest BCUT2D eigenvalue weighted by Gasteiger charge is 2.38. The molecule has 6 nitrogen and oxygen atoms in total. The highest BCUT2D eigenvalue weighted by molar-refractivity contribution is 5.79. The minimum atomic E-state index is -5.02. The summed E-state index contributed by atoms with van der Waals surface area (Å²) in [6, 6.07) is 3.65. The highest BCUT2D eigenvalue weighted by atomic mass is 19.4. The Labute approximate surface area is 208 Å². The molecule has 37 heavy (non-hydrogen) atoms. The Balaban J connectivity index is 1.92. The molecule has 2 aromatic rings. The fraction of sp³-hybridized carbons (Fsp3) is 0.417. The zero-order valence-electron chi connectivity index (χ0n) is 20.0. The zero-order chi connectivity index (χ0) is 27.7. The topological polar surface area (TPSA) is 69.9 Å². The Morgan fingerprint density at radius 3 is 2.11 bits per heavy atom. The van der Waals surface area contributed by atoms with Gasteiger partial charge in [0.05, 0.1) is 23.7 Å². The molecule has 202 valence electrons. The number of rotatable bonds is 4. The predicted octanol–water partition coefficient (Wildman–Crippen LogP) is 4.57. The summed E-state index contributed by atoms with van der Waals surface area (Å²) in [5.74, 6) is -0.874. The van der Waals surface area contributed by atoms with Gasteiger partial charge >= 0.3 is 18.4 Å². The lowest BCUT2D eigenvalue weighted by Gasteiger charge is -2.43. The maximum absolute atomic E-state index is 13.7. The second kappa shape index (κ2) is 10.6. The van der Waals surface area contributed by atoms with Crippen LogP contribution in [0.1, 0.15) is 33.9 Å². The molecule has 0 aromatic heterocycles. The SMILES string of the molecule is Cc1cc(F)ccc1[C@@H]1CN(C(=O)CN)CCN1C(=O)N(C)Cc1cc(C(F)(F)F)cc(C(F)(F)F)c1. The van der Waals surface area contributed by atoms with Crippen molar-refractivity contribution in [3.05, 3.63) is 70.0 Å². The summed E-state index contributed by atoms with van der Waals surface area (Å²) >= 11 is 0. The third kappa shape index (κ3) is 6.51. The number of carbonyl (C=O) groups excluding carboxylic acids is 2. The van der Waals surface area contributed by atoms with E-state index in [-0.39, 0.29) is 43.7 Å². The van der Waals surface area contributed by atoms with Crippen LogP contribution in [0.2, 0.25) is 0 Å². The van der Waals surface area contributed by atoms with Crippen molar-refractivity contribution < 1.29 is 40.3 Å². The zero-order valence-corrected chi connectivity index (χ0v) is 20.0. The molecule has 0 radical (unpaired) electrons. The minimum Gasteiger partial charge on any atom is -0.337 e. The molecule has 3 rings (SSSR count). The number of hydrogen-bond donors (Lipinski definition) is 1. The number of nitrogens with zero attached hydrogens (tertiary/aromatic N) is 3. The van der Waals surface area contributed by atoms with Gasteiger partial charge in [0, 0.05) is 33.2 Å². The number of benzene rings is 2. The molecular formula is C24H25F7N4O2. The van der Waals surface area contributed by atoms with Gasteiger partial charge in [-0.2, -0.15) is 26.3 Å². The summed E-state index contributed by atoms with van der Waals surface area (Å²) in [4.78, 5) is 29.4. The molecule has 1 fully saturated rings. The summed E-state index contributed by atoms with van der Waals surface area (Å²) in [6.07, 6.45) is -10.0. The number of piperazine rings is 1. The van der Waals surface area contributed by atoms with E-state index in [0.29, 0.717) is 23.3 Å². The quantitative estimate of drug-likeness (QED) is 0.585. The van der Waals surface area contributed by atoms with Crippen LogP contribution in [0, 0.1) is 12.7 Å². The number of halogens is 7. The first-order valence-electron chi connectivity index (χ1n) is 11.2. The molecule has 0 spiro atoms. The van der Waals surface area contributed by atoms with Gasteiger partial charge < -0.3 is 20.4 Å². The monoisotopic (exact) mass is 534 g/mol. The Morgan fingerprint density at radius 2 is 1.59 bits per heavy atom. The van der Waals surface area contributed by atoms with Crippen LogP contribution in [0.4, 0.5) is 35.5 Å². The third-order valence-electron chi connectivity index (χ3n) is 6.14. The molecule has 1 saturated heterocycles. The average molecular weight is 534 g/mol. The number of urea groups is 1. The van der Waals surface area contributed by atoms with Gasteiger partial charge in [-0.3, -0.25) is 4.79 Å². The van der Waals surface area contributed by atoms with Gasteiger partial charge in [0.1, 0.15) is 5.82 Å². The first kappa shape index (κ1) is 28.2. The second-order valence-electron chi connectivity index (χ2n) is 8.81. The number of alkyl halides is 6. The highest BCUT2D eigenvalue weighted by Crippen LogP contribution is 2.37. The average Bonchev–Trinajstić information content (AvgIpc) is 2.81. The largest absolute Gasteiger partial charge is 0.416 e. The normalized spacial score (nSPS) is 16.6. The van der Waals surface area contributed by atoms with E-state index in [9.17, 15) is 40.3 Å². The van der Waals surface area contributed by atoms with Crippen molar-refractivity contribution in [2.45, 2.75) is 31.9 Å². The van der Waals surface area contributed by atoms with Gasteiger partial charge in [-0.1, -0.05) is 6.07 Å². The van der Waals surface area contributed by atoms with E-state index >= 15 is 0 Å². The van der Waals surface area contributed by atoms with Crippen molar-refractivity contribution in [3.63, 3.8) is 0 Å². The summed E-state index contributed by atoms with van der Waals surface area (Å²) in [5.41, 5.74) is 3.18. The lowest BCUT2D eigenvalue weighted by molar-refractivity contribution is -0.143. The number of nitrogens with two attached hydrogens (primary N) is 1. The van der Waals surface area contributed by atoms with Crippen molar-refractivity contribution in [3.8, 4) is 0 Å². The Hall–Kier alpha value is -3.35. The number of amides is 3. The Bertz CT molecular complexity index is 1130. The molecule has 0 saturated carbocycles. The van der Waals surface area contributed by atoms with Crippen LogP contribution in [-0.2, 0) is 23.7 Å². The lowest BCUT2D eigenvalue weighted by atomic mass is 9.97. The fourth-order valence-corrected chi connectivity index (χ4v) is 4.32. The van der Waals surface area contributed by atoms with Crippen molar-refractivity contribution >= 4 is 11.9 Å². The molecule has 3 amide bonds. The lowest BCUT2D eigenvalue weighted by Crippen LogP contribution is -2.55. The number of aryl methyl sites for hydroxylation is 1. The van der Waals surface area contributed by atoms with E-state index in [1.54, 1.807) is 6.92 Å². The maximum Gasteiger partial charge on any atom is 0.416 e. The van der Waals surface area contributed by atoms with Gasteiger partial charge in [0.15, 0.2) is 0 Å². The molecule has 0 bridgehead atoms. The first-order chi connectivity index (χ1) is 17.1. The standard InChI is InChI=1S/C24H25F7N4O2/c1-14-7-18(25)3-4-19(14)20-13-34(21(36)11-32)5-6-35(20)22(37)33(2)12-15-8-16(23(26,27)28)10-17(9-15)24(29,30)31/h3-4,7-10,20H,5-6,11-13,32H2,1-2H3/t20-/m0/s1. The molecule has 0 unspecified atom stereocenters. The van der Waals surface area contributed by atoms with Crippen molar-refractivity contribution in [1.29, 1.82) is 0 Å². The summed E-state index contributed by atoms with van der Waals surface area (Å²) in [7, 11) is 1.25. The molecule has 0 aliphatic carbocycles. The van der Waals surface area contributed by atoms with Crippen molar-refractivity contribution in [1.82, 2.24) is 14.7 Å². The van der Waals surface area contributed by atoms with E-state index in [0.717, 1.165) is 4.90 Å². The first-order valence-corrected chi connectivity index (χ1v) is 11.2. The maximum atomic E-state index is 13.7. The summed E-state index contributed by atoms with van der Waals surface area (Å²) in [5, 5.41) is 0. The number of hydrogen-bond acceptors (Lipinski definition) is 3. The van der Waals surface area contributed by atoms with Gasteiger partial charge in [0.2, 0.25) is 5.91 Å². The third-order valence-corrected chi connectivity index (χ3v) is 6.14. The predicted molar refractivity (Wildman–Crippen MR) is 120 cm³/mol. The van der Waals surface area contributed by atoms with Crippen LogP contribution in [0.25, 0.3) is 0 Å². The van der Waals surface area contributed by atoms with Crippen LogP contribution in [0.5, 0.6) is 0 Å². The summed E-state index contributed by atoms with van der Waals surface area (Å²) < 4.78 is 93.1. The van der Waals surface area contributed by atoms with E-state index in [2.05, 4.69) is 0 Å². The Morgan fingerprint density at radius 1 is 1.00 bits per heavy atom. The summed E-state index contributed by atoms with van der Waals surface area (Å²) in [6.45, 7) is 0.990. The molecule has 1 atom stereocenters. The van der Waals surface area contributed by atoms with Crippen molar-refractivity contribution in [2.24, 2.45) is 5.73 Å². The van der Waals surface area contributed by atoms with Crippen LogP contribution in [-0.4, -0.2) is 59.9 Å². The van der Waals surface area contributed by atoms with Gasteiger partial charge in [-0.15, -0.1) is 0 Å². The second-order valence-corrected chi connectivity index (χ2v) is 8.81. The Kier molecular flexibility index (Phi) is 8.06. The van der Waals surface area contributed by atoms with Crippen LogP contribution < -0.4 is 5.73 Å². The van der Waals surface area contributed by atoms with E-state index in [4.69, 9.17) is 5.73 Å². The van der Waals surface area contributed by atoms with Gasteiger partial charge in [-0.25, -0.2) is 9.18 Å².